The Balaban J connectivity index is 0.00000400. The first kappa shape index (κ1) is 19.9. The van der Waals surface area contributed by atoms with Crippen LogP contribution in [0.2, 0.25) is 0 Å². The molecule has 2 nitrogen and oxygen atoms in total. The Morgan fingerprint density at radius 1 is 0.952 bits per heavy atom. The Hall–Kier alpha value is -1.08. The fraction of sp³-hybridized carbons (Fsp3) is 0.538. The third-order valence-electron chi connectivity index (χ3n) is 2.43. The van der Waals surface area contributed by atoms with Crippen molar-refractivity contribution < 1.29 is 26.7 Å². The summed E-state index contributed by atoms with van der Waals surface area (Å²) >= 11 is 0. The highest BCUT2D eigenvalue weighted by Gasteiger charge is 2.61. The maximum atomic E-state index is 13.1. The van der Waals surface area contributed by atoms with E-state index in [0.717, 1.165) is 12.1 Å². The number of ether oxygens (including phenoxy) is 1. The van der Waals surface area contributed by atoms with Crippen LogP contribution in [0.4, 0.5) is 22.0 Å². The van der Waals surface area contributed by atoms with Gasteiger partial charge in [-0.25, -0.2) is 0 Å². The van der Waals surface area contributed by atoms with Crippen molar-refractivity contribution in [2.75, 3.05) is 0 Å². The summed E-state index contributed by atoms with van der Waals surface area (Å²) in [5.74, 6) is -4.62. The first-order valence-corrected chi connectivity index (χ1v) is 5.84. The van der Waals surface area contributed by atoms with Crippen LogP contribution in [0.1, 0.15) is 32.4 Å². The molecule has 0 radical (unpaired) electrons. The second-order valence-corrected chi connectivity index (χ2v) is 5.38. The molecule has 0 amide bonds. The van der Waals surface area contributed by atoms with Gasteiger partial charge < -0.3 is 10.5 Å². The summed E-state index contributed by atoms with van der Waals surface area (Å²) in [5, 5.41) is 0. The molecular weight excluding hydrogens is 317 g/mol. The molecule has 0 heterocycles. The molecule has 0 saturated carbocycles. The molecule has 0 aliphatic heterocycles. The van der Waals surface area contributed by atoms with Crippen molar-refractivity contribution in [3.63, 3.8) is 0 Å². The van der Waals surface area contributed by atoms with Crippen molar-refractivity contribution in [3.8, 4) is 5.75 Å². The molecule has 0 unspecified atom stereocenters. The fourth-order valence-corrected chi connectivity index (χ4v) is 1.48. The zero-order valence-corrected chi connectivity index (χ0v) is 12.5. The zero-order valence-electron chi connectivity index (χ0n) is 11.7. The molecule has 1 atom stereocenters. The molecule has 1 aromatic rings. The number of benzene rings is 1. The van der Waals surface area contributed by atoms with E-state index in [2.05, 4.69) is 0 Å². The Bertz CT molecular complexity index is 453. The molecule has 0 aliphatic rings. The Labute approximate surface area is 125 Å². The first-order chi connectivity index (χ1) is 8.84. The standard InChI is InChI=1S/C13H16F5NO.ClH/c1-11(2,3)20-9-6-4-8(5-7-9)10(19)12(14,15)13(16,17)18;/h4-7,10H,19H2,1-3H3;1H/t10-;/m0./s1. The summed E-state index contributed by atoms with van der Waals surface area (Å²) < 4.78 is 68.3. The van der Waals surface area contributed by atoms with Gasteiger partial charge in [-0.05, 0) is 38.5 Å². The Kier molecular flexibility index (Phi) is 6.03. The third kappa shape index (κ3) is 5.00. The monoisotopic (exact) mass is 333 g/mol. The second kappa shape index (κ2) is 6.36. The highest BCUT2D eigenvalue weighted by Crippen LogP contribution is 2.43. The first-order valence-electron chi connectivity index (χ1n) is 5.84. The summed E-state index contributed by atoms with van der Waals surface area (Å²) in [6.45, 7) is 5.35. The van der Waals surface area contributed by atoms with Gasteiger partial charge in [0.1, 0.15) is 17.4 Å². The Morgan fingerprint density at radius 2 is 1.38 bits per heavy atom. The maximum Gasteiger partial charge on any atom is 0.455 e. The summed E-state index contributed by atoms with van der Waals surface area (Å²) in [4.78, 5) is 0. The number of halogens is 6. The molecular formula is C13H17ClF5NO. The van der Waals surface area contributed by atoms with Crippen LogP contribution in [-0.4, -0.2) is 17.7 Å². The molecule has 122 valence electrons. The number of hydrogen-bond acceptors (Lipinski definition) is 2. The highest BCUT2D eigenvalue weighted by molar-refractivity contribution is 5.85. The van der Waals surface area contributed by atoms with Crippen LogP contribution in [0, 0.1) is 0 Å². The van der Waals surface area contributed by atoms with Crippen molar-refractivity contribution in [1.29, 1.82) is 0 Å². The minimum Gasteiger partial charge on any atom is -0.488 e. The molecule has 0 fully saturated rings. The maximum absolute atomic E-state index is 13.1. The predicted molar refractivity (Wildman–Crippen MR) is 72.0 cm³/mol. The lowest BCUT2D eigenvalue weighted by atomic mass is 10.0. The molecule has 21 heavy (non-hydrogen) atoms. The Morgan fingerprint density at radius 3 is 1.71 bits per heavy atom. The predicted octanol–water partition coefficient (Wildman–Crippen LogP) is 4.48. The normalized spacial score (nSPS) is 14.3. The minimum absolute atomic E-state index is 0. The third-order valence-corrected chi connectivity index (χ3v) is 2.43. The van der Waals surface area contributed by atoms with Crippen molar-refractivity contribution in [3.05, 3.63) is 29.8 Å². The number of hydrogen-bond donors (Lipinski definition) is 1. The lowest BCUT2D eigenvalue weighted by Gasteiger charge is -2.26. The van der Waals surface area contributed by atoms with E-state index in [1.165, 1.54) is 12.1 Å². The van der Waals surface area contributed by atoms with Gasteiger partial charge >= 0.3 is 12.1 Å². The van der Waals surface area contributed by atoms with Crippen LogP contribution >= 0.6 is 12.4 Å². The zero-order chi connectivity index (χ0) is 15.8. The van der Waals surface area contributed by atoms with Crippen molar-refractivity contribution >= 4 is 12.4 Å². The molecule has 0 aliphatic carbocycles. The summed E-state index contributed by atoms with van der Waals surface area (Å²) in [6, 6.07) is 2.38. The molecule has 1 rings (SSSR count). The van der Waals surface area contributed by atoms with E-state index < -0.39 is 23.7 Å². The SMILES string of the molecule is CC(C)(C)Oc1ccc([C@H](N)C(F)(F)C(F)(F)F)cc1.Cl. The van der Waals surface area contributed by atoms with E-state index in [-0.39, 0.29) is 18.0 Å². The van der Waals surface area contributed by atoms with E-state index >= 15 is 0 Å². The molecule has 2 N–H and O–H groups in total. The van der Waals surface area contributed by atoms with Crippen LogP contribution in [0.5, 0.6) is 5.75 Å². The van der Waals surface area contributed by atoms with Gasteiger partial charge in [-0.1, -0.05) is 12.1 Å². The van der Waals surface area contributed by atoms with Crippen LogP contribution in [0.25, 0.3) is 0 Å². The lowest BCUT2D eigenvalue weighted by molar-refractivity contribution is -0.291. The van der Waals surface area contributed by atoms with Crippen molar-refractivity contribution in [2.24, 2.45) is 5.73 Å². The average molecular weight is 334 g/mol. The molecule has 1 aromatic carbocycles. The highest BCUT2D eigenvalue weighted by atomic mass is 35.5. The molecule has 0 aromatic heterocycles. The average Bonchev–Trinajstić information content (AvgIpc) is 2.25. The molecule has 0 spiro atoms. The van der Waals surface area contributed by atoms with Crippen molar-refractivity contribution in [1.82, 2.24) is 0 Å². The fourth-order valence-electron chi connectivity index (χ4n) is 1.48. The largest absolute Gasteiger partial charge is 0.488 e. The molecule has 0 bridgehead atoms. The number of rotatable bonds is 3. The molecule has 0 saturated heterocycles. The van der Waals surface area contributed by atoms with Gasteiger partial charge in [0, 0.05) is 0 Å². The van der Waals surface area contributed by atoms with Gasteiger partial charge in [-0.3, -0.25) is 0 Å². The quantitative estimate of drug-likeness (QED) is 0.828. The van der Waals surface area contributed by atoms with Gasteiger partial charge in [-0.2, -0.15) is 22.0 Å². The smallest absolute Gasteiger partial charge is 0.455 e. The topological polar surface area (TPSA) is 35.2 Å². The minimum atomic E-state index is -5.69. The summed E-state index contributed by atoms with van der Waals surface area (Å²) in [7, 11) is 0. The van der Waals surface area contributed by atoms with Gasteiger partial charge in [0.05, 0.1) is 0 Å². The van der Waals surface area contributed by atoms with Crippen LogP contribution in [-0.2, 0) is 0 Å². The van der Waals surface area contributed by atoms with E-state index in [0.29, 0.717) is 5.75 Å². The van der Waals surface area contributed by atoms with E-state index in [1.54, 1.807) is 20.8 Å². The van der Waals surface area contributed by atoms with Gasteiger partial charge in [0.2, 0.25) is 0 Å². The number of nitrogens with two attached hydrogens (primary N) is 1. The van der Waals surface area contributed by atoms with Gasteiger partial charge in [0.15, 0.2) is 0 Å². The second-order valence-electron chi connectivity index (χ2n) is 5.38. The van der Waals surface area contributed by atoms with Crippen LogP contribution < -0.4 is 10.5 Å². The number of alkyl halides is 5. The van der Waals surface area contributed by atoms with Gasteiger partial charge in [0.25, 0.3) is 0 Å². The van der Waals surface area contributed by atoms with E-state index in [1.807, 2.05) is 0 Å². The van der Waals surface area contributed by atoms with Crippen LogP contribution in [0.3, 0.4) is 0 Å². The van der Waals surface area contributed by atoms with E-state index in [9.17, 15) is 22.0 Å². The van der Waals surface area contributed by atoms with Crippen molar-refractivity contribution in [2.45, 2.75) is 44.5 Å². The lowest BCUT2D eigenvalue weighted by Crippen LogP contribution is -2.45. The summed E-state index contributed by atoms with van der Waals surface area (Å²) in [5.41, 5.74) is 4.21. The summed E-state index contributed by atoms with van der Waals surface area (Å²) in [6.07, 6.45) is -5.69. The van der Waals surface area contributed by atoms with Gasteiger partial charge in [-0.15, -0.1) is 12.4 Å². The van der Waals surface area contributed by atoms with Crippen LogP contribution in [0.15, 0.2) is 24.3 Å². The molecule has 8 heteroatoms. The van der Waals surface area contributed by atoms with E-state index in [4.69, 9.17) is 10.5 Å².